The molecule has 0 amide bonds. The van der Waals surface area contributed by atoms with Gasteiger partial charge in [-0.2, -0.15) is 0 Å². The molecule has 0 saturated carbocycles. The van der Waals surface area contributed by atoms with E-state index in [1.54, 1.807) is 36.5 Å². The van der Waals surface area contributed by atoms with Gasteiger partial charge in [0.2, 0.25) is 5.78 Å². The number of benzene rings is 1. The molecule has 5 heteroatoms. The number of ketones is 1. The lowest BCUT2D eigenvalue weighted by Gasteiger charge is -2.07. The van der Waals surface area contributed by atoms with E-state index in [4.69, 9.17) is 11.5 Å². The van der Waals surface area contributed by atoms with Crippen LogP contribution >= 0.6 is 0 Å². The molecule has 0 fully saturated rings. The van der Waals surface area contributed by atoms with Crippen LogP contribution in [0.4, 0.5) is 11.5 Å². The van der Waals surface area contributed by atoms with Crippen molar-refractivity contribution in [2.24, 2.45) is 0 Å². The highest BCUT2D eigenvalue weighted by Crippen LogP contribution is 2.24. The number of hydrogen-bond donors (Lipinski definition) is 2. The first-order valence-corrected chi connectivity index (χ1v) is 6.74. The molecule has 0 spiro atoms. The molecule has 5 nitrogen and oxygen atoms in total. The van der Waals surface area contributed by atoms with E-state index in [1.807, 2.05) is 24.3 Å². The second-order valence-electron chi connectivity index (χ2n) is 4.76. The van der Waals surface area contributed by atoms with Crippen LogP contribution in [0, 0.1) is 0 Å². The Morgan fingerprint density at radius 1 is 0.955 bits per heavy atom. The molecule has 22 heavy (non-hydrogen) atoms. The molecule has 110 valence electrons. The lowest BCUT2D eigenvalue weighted by Crippen LogP contribution is -2.09. The van der Waals surface area contributed by atoms with Gasteiger partial charge in [0, 0.05) is 18.9 Å². The lowest BCUT2D eigenvalue weighted by molar-refractivity contribution is 0.103. The van der Waals surface area contributed by atoms with Crippen LogP contribution in [0.15, 0.2) is 60.8 Å². The number of nitrogens with zero attached hydrogens (tertiary/aromatic N) is 2. The summed E-state index contributed by atoms with van der Waals surface area (Å²) in [7, 11) is 0. The number of nitrogen functional groups attached to an aromatic ring is 2. The molecule has 0 bridgehead atoms. The molecule has 2 aromatic heterocycles. The third-order valence-corrected chi connectivity index (χ3v) is 3.30. The average Bonchev–Trinajstić information content (AvgIpc) is 2.55. The zero-order chi connectivity index (χ0) is 15.5. The fourth-order valence-corrected chi connectivity index (χ4v) is 2.19. The largest absolute Gasteiger partial charge is 0.398 e. The molecule has 1 aromatic carbocycles. The van der Waals surface area contributed by atoms with E-state index in [-0.39, 0.29) is 13.0 Å². The van der Waals surface area contributed by atoms with Crippen LogP contribution in [-0.4, -0.2) is 15.8 Å². The van der Waals surface area contributed by atoms with Crippen LogP contribution in [0.3, 0.4) is 0 Å². The first-order chi connectivity index (χ1) is 10.7. The molecule has 2 heterocycles. The Morgan fingerprint density at radius 2 is 1.77 bits per heavy atom. The highest BCUT2D eigenvalue weighted by molar-refractivity contribution is 6.10. The van der Waals surface area contributed by atoms with Gasteiger partial charge in [-0.3, -0.25) is 4.79 Å². The summed E-state index contributed by atoms with van der Waals surface area (Å²) in [5.74, 6) is -0.0686. The van der Waals surface area contributed by atoms with Gasteiger partial charge in [0.1, 0.15) is 11.5 Å². The summed E-state index contributed by atoms with van der Waals surface area (Å²) in [6, 6.07) is 15.9. The van der Waals surface area contributed by atoms with Crippen LogP contribution in [0.1, 0.15) is 17.5 Å². The molecular formula is C17H16N4O. The zero-order valence-electron chi connectivity index (χ0n) is 11.7. The van der Waals surface area contributed by atoms with Gasteiger partial charge in [0.15, 0.2) is 0 Å². The molecule has 0 saturated heterocycles. The summed E-state index contributed by atoms with van der Waals surface area (Å²) in [4.78, 5) is 20.9. The van der Waals surface area contributed by atoms with Crippen LogP contribution in [0.5, 0.6) is 0 Å². The third-order valence-electron chi connectivity index (χ3n) is 3.30. The van der Waals surface area contributed by atoms with Crippen molar-refractivity contribution in [2.75, 3.05) is 11.5 Å². The SMILES string of the molecule is Nc1ccccc1-c1cccc(C(=O)c2cccnc2N)n1.[HH]. The maximum atomic E-state index is 12.5. The maximum Gasteiger partial charge on any atom is 0.215 e. The van der Waals surface area contributed by atoms with Crippen molar-refractivity contribution in [2.45, 2.75) is 0 Å². The van der Waals surface area contributed by atoms with Crippen molar-refractivity contribution < 1.29 is 6.22 Å². The Morgan fingerprint density at radius 3 is 2.55 bits per heavy atom. The van der Waals surface area contributed by atoms with Gasteiger partial charge in [0.25, 0.3) is 0 Å². The predicted octanol–water partition coefficient (Wildman–Crippen LogP) is 2.79. The van der Waals surface area contributed by atoms with E-state index in [1.165, 1.54) is 0 Å². The number of hydrogen-bond acceptors (Lipinski definition) is 5. The quantitative estimate of drug-likeness (QED) is 0.571. The number of rotatable bonds is 3. The number of aromatic nitrogens is 2. The molecule has 0 radical (unpaired) electrons. The molecule has 0 unspecified atom stereocenters. The minimum absolute atomic E-state index is 0. The normalized spacial score (nSPS) is 10.4. The number of para-hydroxylation sites is 1. The first-order valence-electron chi connectivity index (χ1n) is 6.74. The number of pyridine rings is 2. The van der Waals surface area contributed by atoms with Crippen molar-refractivity contribution in [3.63, 3.8) is 0 Å². The highest BCUT2D eigenvalue weighted by atomic mass is 16.1. The second-order valence-corrected chi connectivity index (χ2v) is 4.76. The summed E-state index contributed by atoms with van der Waals surface area (Å²) in [5, 5.41) is 0. The van der Waals surface area contributed by atoms with E-state index >= 15 is 0 Å². The Kier molecular flexibility index (Phi) is 3.53. The molecular weight excluding hydrogens is 276 g/mol. The summed E-state index contributed by atoms with van der Waals surface area (Å²) in [6.45, 7) is 0. The first kappa shape index (κ1) is 13.8. The maximum absolute atomic E-state index is 12.5. The number of carbonyl (C=O) groups is 1. The Bertz CT molecular complexity index is 851. The van der Waals surface area contributed by atoms with Crippen molar-refractivity contribution in [3.8, 4) is 11.3 Å². The minimum atomic E-state index is -0.262. The highest BCUT2D eigenvalue weighted by Gasteiger charge is 2.15. The van der Waals surface area contributed by atoms with Gasteiger partial charge in [-0.1, -0.05) is 24.3 Å². The van der Waals surface area contributed by atoms with E-state index in [9.17, 15) is 4.79 Å². The molecule has 0 aliphatic carbocycles. The Hall–Kier alpha value is -3.21. The molecule has 0 aliphatic heterocycles. The summed E-state index contributed by atoms with van der Waals surface area (Å²) in [5.41, 5.74) is 14.4. The smallest absolute Gasteiger partial charge is 0.215 e. The number of nitrogens with two attached hydrogens (primary N) is 2. The molecule has 0 aliphatic rings. The third kappa shape index (κ3) is 2.52. The van der Waals surface area contributed by atoms with E-state index in [2.05, 4.69) is 9.97 Å². The molecule has 3 aromatic rings. The van der Waals surface area contributed by atoms with Crippen LogP contribution in [0.25, 0.3) is 11.3 Å². The Labute approximate surface area is 129 Å². The summed E-state index contributed by atoms with van der Waals surface area (Å²) < 4.78 is 0. The van der Waals surface area contributed by atoms with Gasteiger partial charge in [-0.25, -0.2) is 9.97 Å². The van der Waals surface area contributed by atoms with E-state index in [0.29, 0.717) is 22.6 Å². The monoisotopic (exact) mass is 292 g/mol. The van der Waals surface area contributed by atoms with Crippen molar-refractivity contribution in [3.05, 3.63) is 72.1 Å². The summed E-state index contributed by atoms with van der Waals surface area (Å²) >= 11 is 0. The topological polar surface area (TPSA) is 94.9 Å². The number of carbonyl (C=O) groups excluding carboxylic acids is 1. The summed E-state index contributed by atoms with van der Waals surface area (Å²) in [6.07, 6.45) is 1.54. The van der Waals surface area contributed by atoms with Gasteiger partial charge in [-0.15, -0.1) is 0 Å². The van der Waals surface area contributed by atoms with Crippen molar-refractivity contribution in [1.29, 1.82) is 0 Å². The fourth-order valence-electron chi connectivity index (χ4n) is 2.19. The average molecular weight is 292 g/mol. The standard InChI is InChI=1S/C17H14N4O.H2/c18-13-7-2-1-5-11(13)14-8-3-9-15(21-14)16(22)12-6-4-10-20-17(12)19;/h1-10H,18H2,(H2,19,20);1H. The molecule has 4 N–H and O–H groups in total. The van der Waals surface area contributed by atoms with E-state index < -0.39 is 0 Å². The van der Waals surface area contributed by atoms with Crippen LogP contribution < -0.4 is 11.5 Å². The zero-order valence-corrected chi connectivity index (χ0v) is 11.7. The van der Waals surface area contributed by atoms with Crippen molar-refractivity contribution in [1.82, 2.24) is 9.97 Å². The van der Waals surface area contributed by atoms with Crippen molar-refractivity contribution >= 4 is 17.3 Å². The number of anilines is 2. The fraction of sp³-hybridized carbons (Fsp3) is 0. The van der Waals surface area contributed by atoms with E-state index in [0.717, 1.165) is 5.56 Å². The van der Waals surface area contributed by atoms with Gasteiger partial charge < -0.3 is 11.5 Å². The van der Waals surface area contributed by atoms with Crippen LogP contribution in [-0.2, 0) is 0 Å². The Balaban J connectivity index is 0.00000192. The molecule has 0 atom stereocenters. The minimum Gasteiger partial charge on any atom is -0.398 e. The molecule has 3 rings (SSSR count). The van der Waals surface area contributed by atoms with Crippen LogP contribution in [0.2, 0.25) is 0 Å². The second kappa shape index (κ2) is 5.65. The lowest BCUT2D eigenvalue weighted by atomic mass is 10.1. The van der Waals surface area contributed by atoms with Gasteiger partial charge in [-0.05, 0) is 30.3 Å². The van der Waals surface area contributed by atoms with Gasteiger partial charge >= 0.3 is 0 Å². The van der Waals surface area contributed by atoms with Gasteiger partial charge in [0.05, 0.1) is 11.3 Å². The predicted molar refractivity (Wildman–Crippen MR) is 88.3 cm³/mol.